The van der Waals surface area contributed by atoms with Crippen LogP contribution in [0.4, 0.5) is 4.39 Å². The highest BCUT2D eigenvalue weighted by atomic mass is 19.1. The van der Waals surface area contributed by atoms with E-state index in [1.807, 2.05) is 0 Å². The molecule has 0 aliphatic heterocycles. The van der Waals surface area contributed by atoms with Crippen molar-refractivity contribution in [2.75, 3.05) is 6.61 Å². The van der Waals surface area contributed by atoms with Gasteiger partial charge in [-0.25, -0.2) is 4.39 Å². The monoisotopic (exact) mass is 332 g/mol. The number of carbonyl (C=O) groups is 1. The van der Waals surface area contributed by atoms with Gasteiger partial charge in [0.2, 0.25) is 5.43 Å². The third-order valence-electron chi connectivity index (χ3n) is 4.86. The molecule has 1 aromatic heterocycles. The average molecular weight is 332 g/mol. The van der Waals surface area contributed by atoms with Crippen molar-refractivity contribution in [3.05, 3.63) is 45.5 Å². The fourth-order valence-electron chi connectivity index (χ4n) is 3.50. The lowest BCUT2D eigenvalue weighted by Gasteiger charge is -2.30. The van der Waals surface area contributed by atoms with E-state index in [4.69, 9.17) is 0 Å². The predicted molar refractivity (Wildman–Crippen MR) is 89.6 cm³/mol. The van der Waals surface area contributed by atoms with Gasteiger partial charge < -0.3 is 15.4 Å². The van der Waals surface area contributed by atoms with Crippen molar-refractivity contribution < 1.29 is 14.3 Å². The molecular weight excluding hydrogens is 311 g/mol. The van der Waals surface area contributed by atoms with Gasteiger partial charge in [-0.05, 0) is 37.5 Å². The van der Waals surface area contributed by atoms with Crippen LogP contribution < -0.4 is 10.7 Å². The standard InChI is InChI=1S/C18H21FN2O3/c1-10-6-12(19)7-13-16(10)20-8-14(17(13)23)18(24)21-15-5-3-2-4-11(15)9-22/h6-8,11,15,22H,2-5,9H2,1H3,(H,20,23)(H,21,24). The zero-order valence-electron chi connectivity index (χ0n) is 13.6. The Bertz CT molecular complexity index is 831. The summed E-state index contributed by atoms with van der Waals surface area (Å²) in [5.74, 6) is -0.969. The van der Waals surface area contributed by atoms with Gasteiger partial charge in [0, 0.05) is 30.1 Å². The number of hydrogen-bond acceptors (Lipinski definition) is 3. The van der Waals surface area contributed by atoms with Crippen molar-refractivity contribution in [2.24, 2.45) is 5.92 Å². The fraction of sp³-hybridized carbons (Fsp3) is 0.444. The van der Waals surface area contributed by atoms with Crippen molar-refractivity contribution in [3.63, 3.8) is 0 Å². The number of H-pyrrole nitrogens is 1. The number of carbonyl (C=O) groups excluding carboxylic acids is 1. The van der Waals surface area contributed by atoms with Gasteiger partial charge in [-0.15, -0.1) is 0 Å². The molecule has 1 fully saturated rings. The molecule has 2 aromatic rings. The van der Waals surface area contributed by atoms with Crippen LogP contribution in [0.1, 0.15) is 41.6 Å². The maximum absolute atomic E-state index is 13.6. The summed E-state index contributed by atoms with van der Waals surface area (Å²) in [6.07, 6.45) is 5.05. The van der Waals surface area contributed by atoms with Gasteiger partial charge in [0.15, 0.2) is 0 Å². The molecule has 0 radical (unpaired) electrons. The van der Waals surface area contributed by atoms with Gasteiger partial charge in [-0.3, -0.25) is 9.59 Å². The van der Waals surface area contributed by atoms with Crippen LogP contribution in [-0.2, 0) is 0 Å². The third-order valence-corrected chi connectivity index (χ3v) is 4.86. The largest absolute Gasteiger partial charge is 0.396 e. The summed E-state index contributed by atoms with van der Waals surface area (Å²) in [6, 6.07) is 2.35. The number of nitrogens with one attached hydrogen (secondary N) is 2. The smallest absolute Gasteiger partial charge is 0.256 e. The molecule has 1 aliphatic carbocycles. The second-order valence-corrected chi connectivity index (χ2v) is 6.48. The molecule has 2 atom stereocenters. The van der Waals surface area contributed by atoms with Crippen molar-refractivity contribution >= 4 is 16.8 Å². The molecule has 2 unspecified atom stereocenters. The second-order valence-electron chi connectivity index (χ2n) is 6.48. The number of rotatable bonds is 3. The number of amides is 1. The van der Waals surface area contributed by atoms with Gasteiger partial charge in [0.25, 0.3) is 5.91 Å². The zero-order chi connectivity index (χ0) is 17.3. The lowest BCUT2D eigenvalue weighted by molar-refractivity contribution is 0.0871. The minimum atomic E-state index is -0.504. The highest BCUT2D eigenvalue weighted by molar-refractivity contribution is 5.97. The molecular formula is C18H21FN2O3. The molecule has 1 aliphatic rings. The summed E-state index contributed by atoms with van der Waals surface area (Å²) in [7, 11) is 0. The number of halogens is 1. The molecule has 0 bridgehead atoms. The first-order valence-corrected chi connectivity index (χ1v) is 8.24. The Morgan fingerprint density at radius 3 is 2.88 bits per heavy atom. The number of aromatic nitrogens is 1. The number of aryl methyl sites for hydroxylation is 1. The maximum atomic E-state index is 13.6. The summed E-state index contributed by atoms with van der Waals surface area (Å²) in [5, 5.41) is 12.5. The van der Waals surface area contributed by atoms with Crippen molar-refractivity contribution in [1.82, 2.24) is 10.3 Å². The minimum Gasteiger partial charge on any atom is -0.396 e. The third kappa shape index (κ3) is 3.06. The van der Waals surface area contributed by atoms with Gasteiger partial charge >= 0.3 is 0 Å². The first-order valence-electron chi connectivity index (χ1n) is 8.24. The first kappa shape index (κ1) is 16.6. The summed E-state index contributed by atoms with van der Waals surface area (Å²) in [6.45, 7) is 1.72. The second kappa shape index (κ2) is 6.73. The Labute approximate surface area is 138 Å². The topological polar surface area (TPSA) is 82.2 Å². The molecule has 1 amide bonds. The van der Waals surface area contributed by atoms with Crippen molar-refractivity contribution in [1.29, 1.82) is 0 Å². The van der Waals surface area contributed by atoms with Gasteiger partial charge in [-0.1, -0.05) is 12.8 Å². The van der Waals surface area contributed by atoms with E-state index >= 15 is 0 Å². The molecule has 1 aromatic carbocycles. The Morgan fingerprint density at radius 2 is 2.12 bits per heavy atom. The lowest BCUT2D eigenvalue weighted by Crippen LogP contribution is -2.44. The van der Waals surface area contributed by atoms with E-state index in [1.165, 1.54) is 12.3 Å². The van der Waals surface area contributed by atoms with E-state index in [-0.39, 0.29) is 29.5 Å². The number of fused-ring (bicyclic) bond motifs is 1. The summed E-state index contributed by atoms with van der Waals surface area (Å²) < 4.78 is 13.6. The van der Waals surface area contributed by atoms with Crippen LogP contribution in [0.15, 0.2) is 23.1 Å². The minimum absolute atomic E-state index is 0.0157. The molecule has 0 saturated heterocycles. The number of aliphatic hydroxyl groups is 1. The number of aromatic amines is 1. The Balaban J connectivity index is 1.93. The highest BCUT2D eigenvalue weighted by Crippen LogP contribution is 2.24. The molecule has 3 N–H and O–H groups in total. The summed E-state index contributed by atoms with van der Waals surface area (Å²) in [4.78, 5) is 28.0. The van der Waals surface area contributed by atoms with Crippen LogP contribution in [0.3, 0.4) is 0 Å². The molecule has 1 saturated carbocycles. The fourth-order valence-corrected chi connectivity index (χ4v) is 3.50. The van der Waals surface area contributed by atoms with E-state index in [0.29, 0.717) is 11.1 Å². The maximum Gasteiger partial charge on any atom is 0.256 e. The van der Waals surface area contributed by atoms with E-state index < -0.39 is 17.2 Å². The quantitative estimate of drug-likeness (QED) is 0.806. The molecule has 0 spiro atoms. The normalized spacial score (nSPS) is 21.0. The number of aliphatic hydroxyl groups excluding tert-OH is 1. The van der Waals surface area contributed by atoms with E-state index in [0.717, 1.165) is 31.7 Å². The predicted octanol–water partition coefficient (Wildman–Crippen LogP) is 2.26. The number of pyridine rings is 1. The van der Waals surface area contributed by atoms with Crippen LogP contribution in [0, 0.1) is 18.7 Å². The zero-order valence-corrected chi connectivity index (χ0v) is 13.6. The van der Waals surface area contributed by atoms with Gasteiger partial charge in [-0.2, -0.15) is 0 Å². The van der Waals surface area contributed by atoms with E-state index in [9.17, 15) is 19.1 Å². The Kier molecular flexibility index (Phi) is 4.66. The highest BCUT2D eigenvalue weighted by Gasteiger charge is 2.27. The molecule has 1 heterocycles. The van der Waals surface area contributed by atoms with Crippen molar-refractivity contribution in [2.45, 2.75) is 38.6 Å². The summed E-state index contributed by atoms with van der Waals surface area (Å²) in [5.41, 5.74) is 0.625. The molecule has 3 rings (SSSR count). The number of hydrogen-bond donors (Lipinski definition) is 3. The molecule has 6 heteroatoms. The SMILES string of the molecule is Cc1cc(F)cc2c(=O)c(C(=O)NC3CCCCC3CO)c[nH]c12. The molecule has 24 heavy (non-hydrogen) atoms. The number of benzene rings is 1. The Morgan fingerprint density at radius 1 is 1.38 bits per heavy atom. The van der Waals surface area contributed by atoms with Crippen LogP contribution in [0.5, 0.6) is 0 Å². The molecule has 5 nitrogen and oxygen atoms in total. The summed E-state index contributed by atoms with van der Waals surface area (Å²) >= 11 is 0. The average Bonchev–Trinajstić information content (AvgIpc) is 2.56. The first-order chi connectivity index (χ1) is 11.5. The molecule has 128 valence electrons. The van der Waals surface area contributed by atoms with Crippen LogP contribution >= 0.6 is 0 Å². The van der Waals surface area contributed by atoms with E-state index in [1.54, 1.807) is 6.92 Å². The lowest BCUT2D eigenvalue weighted by atomic mass is 9.85. The van der Waals surface area contributed by atoms with Gasteiger partial charge in [0.1, 0.15) is 11.4 Å². The van der Waals surface area contributed by atoms with E-state index in [2.05, 4.69) is 10.3 Å². The van der Waals surface area contributed by atoms with Crippen molar-refractivity contribution in [3.8, 4) is 0 Å². The Hall–Kier alpha value is -2.21. The van der Waals surface area contributed by atoms with Crippen LogP contribution in [-0.4, -0.2) is 28.6 Å². The van der Waals surface area contributed by atoms with Crippen LogP contribution in [0.25, 0.3) is 10.9 Å². The van der Waals surface area contributed by atoms with Gasteiger partial charge in [0.05, 0.1) is 5.52 Å². The van der Waals surface area contributed by atoms with Crippen LogP contribution in [0.2, 0.25) is 0 Å².